The smallest absolute Gasteiger partial charge is 0.319 e. The van der Waals surface area contributed by atoms with Crippen LogP contribution in [0.4, 0.5) is 16.4 Å². The zero-order chi connectivity index (χ0) is 26.2. The third kappa shape index (κ3) is 4.57. The van der Waals surface area contributed by atoms with Gasteiger partial charge in [0.1, 0.15) is 11.9 Å². The fourth-order valence-corrected chi connectivity index (χ4v) is 4.79. The molecule has 2 amide bonds. The molecule has 188 valence electrons. The summed E-state index contributed by atoms with van der Waals surface area (Å²) in [7, 11) is 3.98. The van der Waals surface area contributed by atoms with Crippen LogP contribution in [0.1, 0.15) is 42.5 Å². The predicted molar refractivity (Wildman–Crippen MR) is 141 cm³/mol. The van der Waals surface area contributed by atoms with Gasteiger partial charge in [-0.3, -0.25) is 5.10 Å². The number of hydrogen-bond donors (Lipinski definition) is 3. The average Bonchev–Trinajstić information content (AvgIpc) is 3.41. The molecule has 0 unspecified atom stereocenters. The molecule has 2 aromatic carbocycles. The number of aromatic amines is 1. The van der Waals surface area contributed by atoms with E-state index in [2.05, 4.69) is 35.7 Å². The van der Waals surface area contributed by atoms with Gasteiger partial charge in [0.05, 0.1) is 29.3 Å². The largest absolute Gasteiger partial charge is 0.330 e. The number of anilines is 2. The summed E-state index contributed by atoms with van der Waals surface area (Å²) in [4.78, 5) is 26.1. The lowest BCUT2D eigenvalue weighted by Crippen LogP contribution is -2.48. The number of nitrogens with zero attached hydrogens (tertiary/aromatic N) is 6. The van der Waals surface area contributed by atoms with Gasteiger partial charge in [-0.25, -0.2) is 14.8 Å². The minimum Gasteiger partial charge on any atom is -0.330 e. The molecule has 5 rings (SSSR count). The maximum atomic E-state index is 13.6. The number of hydrogen-bond acceptors (Lipinski definition) is 7. The van der Waals surface area contributed by atoms with E-state index in [1.54, 1.807) is 0 Å². The molecule has 1 atom stereocenters. The van der Waals surface area contributed by atoms with Crippen molar-refractivity contribution in [2.75, 3.05) is 26.0 Å². The highest BCUT2D eigenvalue weighted by Crippen LogP contribution is 2.41. The molecule has 2 aromatic heterocycles. The summed E-state index contributed by atoms with van der Waals surface area (Å²) in [5, 5.41) is 24.3. The van der Waals surface area contributed by atoms with Gasteiger partial charge in [0.2, 0.25) is 5.82 Å². The van der Waals surface area contributed by atoms with Crippen molar-refractivity contribution in [3.05, 3.63) is 77.2 Å². The summed E-state index contributed by atoms with van der Waals surface area (Å²) in [6.07, 6.45) is 0. The maximum Gasteiger partial charge on any atom is 0.319 e. The Morgan fingerprint density at radius 1 is 1.14 bits per heavy atom. The Morgan fingerprint density at radius 2 is 1.86 bits per heavy atom. The molecule has 10 nitrogen and oxygen atoms in total. The van der Waals surface area contributed by atoms with Crippen molar-refractivity contribution >= 4 is 28.6 Å². The van der Waals surface area contributed by atoms with Crippen molar-refractivity contribution in [2.45, 2.75) is 32.0 Å². The average molecular weight is 496 g/mol. The molecule has 1 aliphatic heterocycles. The summed E-state index contributed by atoms with van der Waals surface area (Å²) in [6.45, 7) is 5.03. The zero-order valence-electron chi connectivity index (χ0n) is 21.3. The first-order valence-corrected chi connectivity index (χ1v) is 12.1. The van der Waals surface area contributed by atoms with E-state index in [-0.39, 0.29) is 17.9 Å². The summed E-state index contributed by atoms with van der Waals surface area (Å²) in [5.74, 6) is 1.13. The second kappa shape index (κ2) is 9.52. The molecule has 0 aliphatic carbocycles. The van der Waals surface area contributed by atoms with Crippen molar-refractivity contribution in [1.82, 2.24) is 35.3 Å². The van der Waals surface area contributed by atoms with Gasteiger partial charge in [0.25, 0.3) is 0 Å². The van der Waals surface area contributed by atoms with Gasteiger partial charge in [-0.2, -0.15) is 10.4 Å². The zero-order valence-corrected chi connectivity index (χ0v) is 21.3. The standard InChI is InChI=1S/C27H29N9O/c1-27(2)23-19(15-36(27)26(37)30-21(16-35(3)4)17-10-6-5-7-11-17)25(34-33-23)32-24-18-12-8-9-13-20(18)29-22(14-28)31-24/h5-13,21H,15-16H2,1-4H3,(H,30,37)(H2,29,31,32,33,34)/t21-/m1/s1. The number of nitriles is 1. The van der Waals surface area contributed by atoms with E-state index in [1.165, 1.54) is 0 Å². The van der Waals surface area contributed by atoms with Gasteiger partial charge in [-0.15, -0.1) is 0 Å². The fraction of sp³-hybridized carbons (Fsp3) is 0.296. The fourth-order valence-electron chi connectivity index (χ4n) is 4.79. The number of fused-ring (bicyclic) bond motifs is 2. The number of rotatable bonds is 6. The third-order valence-corrected chi connectivity index (χ3v) is 6.70. The molecule has 1 aliphatic rings. The molecule has 10 heteroatoms. The van der Waals surface area contributed by atoms with E-state index < -0.39 is 5.54 Å². The highest BCUT2D eigenvalue weighted by molar-refractivity contribution is 5.91. The molecular weight excluding hydrogens is 466 g/mol. The van der Waals surface area contributed by atoms with Gasteiger partial charge in [-0.1, -0.05) is 42.5 Å². The molecule has 37 heavy (non-hydrogen) atoms. The molecule has 0 radical (unpaired) electrons. The summed E-state index contributed by atoms with van der Waals surface area (Å²) in [5.41, 5.74) is 2.83. The van der Waals surface area contributed by atoms with Crippen LogP contribution in [0, 0.1) is 11.3 Å². The molecule has 3 heterocycles. The SMILES string of the molecule is CN(C)C[C@@H](NC(=O)N1Cc2c(Nc3nc(C#N)nc4ccccc34)n[nH]c2C1(C)C)c1ccccc1. The molecule has 3 N–H and O–H groups in total. The van der Waals surface area contributed by atoms with Gasteiger partial charge >= 0.3 is 6.03 Å². The van der Waals surface area contributed by atoms with E-state index in [4.69, 9.17) is 0 Å². The number of likely N-dealkylation sites (N-methyl/N-ethyl adjacent to an activating group) is 1. The molecule has 0 fully saturated rings. The lowest BCUT2D eigenvalue weighted by atomic mass is 10.0. The van der Waals surface area contributed by atoms with Gasteiger partial charge < -0.3 is 20.4 Å². The second-order valence-electron chi connectivity index (χ2n) is 9.90. The van der Waals surface area contributed by atoms with Gasteiger partial charge in [0.15, 0.2) is 5.82 Å². The summed E-state index contributed by atoms with van der Waals surface area (Å²) >= 11 is 0. The maximum absolute atomic E-state index is 13.6. The lowest BCUT2D eigenvalue weighted by Gasteiger charge is -2.34. The number of para-hydroxylation sites is 1. The number of amides is 2. The summed E-state index contributed by atoms with van der Waals surface area (Å²) < 4.78 is 0. The third-order valence-electron chi connectivity index (χ3n) is 6.70. The Kier molecular flexibility index (Phi) is 6.23. The van der Waals surface area contributed by atoms with Crippen LogP contribution in [0.2, 0.25) is 0 Å². The highest BCUT2D eigenvalue weighted by atomic mass is 16.2. The van der Waals surface area contributed by atoms with E-state index in [1.807, 2.05) is 93.5 Å². The van der Waals surface area contributed by atoms with E-state index in [0.717, 1.165) is 22.2 Å². The quantitative estimate of drug-likeness (QED) is 0.369. The van der Waals surface area contributed by atoms with Crippen molar-refractivity contribution in [3.8, 4) is 6.07 Å². The topological polar surface area (TPSA) is 126 Å². The van der Waals surface area contributed by atoms with Crippen LogP contribution < -0.4 is 10.6 Å². The number of benzene rings is 2. The van der Waals surface area contributed by atoms with Crippen LogP contribution in [0.15, 0.2) is 54.6 Å². The number of carbonyl (C=O) groups excluding carboxylic acids is 1. The Labute approximate surface area is 215 Å². The lowest BCUT2D eigenvalue weighted by molar-refractivity contribution is 0.138. The van der Waals surface area contributed by atoms with Crippen LogP contribution in [-0.4, -0.2) is 56.6 Å². The molecule has 4 aromatic rings. The highest BCUT2D eigenvalue weighted by Gasteiger charge is 2.44. The van der Waals surface area contributed by atoms with Crippen LogP contribution in [0.5, 0.6) is 0 Å². The number of H-pyrrole nitrogens is 1. The molecule has 0 spiro atoms. The molecular formula is C27H29N9O. The van der Waals surface area contributed by atoms with Crippen LogP contribution >= 0.6 is 0 Å². The van der Waals surface area contributed by atoms with Crippen LogP contribution in [-0.2, 0) is 12.1 Å². The first kappa shape index (κ1) is 24.2. The first-order valence-electron chi connectivity index (χ1n) is 12.1. The van der Waals surface area contributed by atoms with Gasteiger partial charge in [-0.05, 0) is 45.6 Å². The monoisotopic (exact) mass is 495 g/mol. The van der Waals surface area contributed by atoms with Gasteiger partial charge in [0, 0.05) is 17.5 Å². The molecule has 0 bridgehead atoms. The van der Waals surface area contributed by atoms with Crippen molar-refractivity contribution in [2.24, 2.45) is 0 Å². The predicted octanol–water partition coefficient (Wildman–Crippen LogP) is 4.03. The van der Waals surface area contributed by atoms with Crippen molar-refractivity contribution in [1.29, 1.82) is 5.26 Å². The number of aromatic nitrogens is 4. The van der Waals surface area contributed by atoms with Crippen molar-refractivity contribution in [3.63, 3.8) is 0 Å². The van der Waals surface area contributed by atoms with Crippen LogP contribution in [0.3, 0.4) is 0 Å². The first-order chi connectivity index (χ1) is 17.8. The second-order valence-corrected chi connectivity index (χ2v) is 9.90. The minimum atomic E-state index is -0.614. The normalized spacial score (nSPS) is 14.9. The Balaban J connectivity index is 1.42. The Morgan fingerprint density at radius 3 is 2.59 bits per heavy atom. The number of nitrogens with one attached hydrogen (secondary N) is 3. The summed E-state index contributed by atoms with van der Waals surface area (Å²) in [6, 6.07) is 19.2. The molecule has 0 saturated heterocycles. The van der Waals surface area contributed by atoms with Crippen LogP contribution in [0.25, 0.3) is 10.9 Å². The number of urea groups is 1. The van der Waals surface area contributed by atoms with Crippen molar-refractivity contribution < 1.29 is 4.79 Å². The number of carbonyl (C=O) groups is 1. The Hall–Kier alpha value is -4.49. The minimum absolute atomic E-state index is 0.0718. The van der Waals surface area contributed by atoms with E-state index in [9.17, 15) is 10.1 Å². The Bertz CT molecular complexity index is 1490. The molecule has 0 saturated carbocycles. The van der Waals surface area contributed by atoms with E-state index in [0.29, 0.717) is 30.2 Å². The van der Waals surface area contributed by atoms with E-state index >= 15 is 0 Å².